The molecule has 0 aliphatic heterocycles. The molecule has 3 aromatic heterocycles. The van der Waals surface area contributed by atoms with E-state index in [0.717, 1.165) is 70.5 Å². The van der Waals surface area contributed by atoms with Crippen molar-refractivity contribution >= 4 is 54.3 Å². The van der Waals surface area contributed by atoms with Gasteiger partial charge in [0.1, 0.15) is 16.2 Å². The minimum atomic E-state index is 0.588. The van der Waals surface area contributed by atoms with Crippen molar-refractivity contribution in [2.24, 2.45) is 0 Å². The molecule has 10 aromatic rings. The maximum atomic E-state index is 6.49. The van der Waals surface area contributed by atoms with Crippen LogP contribution in [-0.2, 0) is 0 Å². The molecule has 6 heteroatoms. The molecule has 0 bridgehead atoms. The zero-order valence-electron chi connectivity index (χ0n) is 26.6. The third-order valence-corrected chi connectivity index (χ3v) is 10.2. The van der Waals surface area contributed by atoms with Gasteiger partial charge in [-0.2, -0.15) is 0 Å². The van der Waals surface area contributed by atoms with Crippen LogP contribution in [0.1, 0.15) is 0 Å². The zero-order valence-corrected chi connectivity index (χ0v) is 27.4. The lowest BCUT2D eigenvalue weighted by atomic mass is 10.0. The van der Waals surface area contributed by atoms with Gasteiger partial charge >= 0.3 is 0 Å². The largest absolute Gasteiger partial charge is 0.456 e. The van der Waals surface area contributed by atoms with Gasteiger partial charge in [0.25, 0.3) is 0 Å². The van der Waals surface area contributed by atoms with Crippen molar-refractivity contribution in [2.45, 2.75) is 0 Å². The monoisotopic (exact) mass is 658 g/mol. The molecule has 5 nitrogen and oxygen atoms in total. The predicted molar refractivity (Wildman–Crippen MR) is 205 cm³/mol. The van der Waals surface area contributed by atoms with E-state index in [1.807, 2.05) is 48.5 Å². The third-order valence-electron chi connectivity index (χ3n) is 9.16. The van der Waals surface area contributed by atoms with Crippen molar-refractivity contribution in [3.05, 3.63) is 158 Å². The maximum Gasteiger partial charge on any atom is 0.164 e. The van der Waals surface area contributed by atoms with Crippen LogP contribution in [0.3, 0.4) is 0 Å². The molecular weight excluding hydrogens is 633 g/mol. The van der Waals surface area contributed by atoms with Crippen molar-refractivity contribution in [3.8, 4) is 55.9 Å². The second kappa shape index (κ2) is 11.6. The Balaban J connectivity index is 1.12. The molecule has 10 rings (SSSR count). The molecular formula is C44H26N4OS. The van der Waals surface area contributed by atoms with E-state index in [-0.39, 0.29) is 0 Å². The minimum absolute atomic E-state index is 0.588. The number of hydrogen-bond donors (Lipinski definition) is 0. The van der Waals surface area contributed by atoms with Crippen molar-refractivity contribution in [2.75, 3.05) is 0 Å². The van der Waals surface area contributed by atoms with Gasteiger partial charge in [-0.25, -0.2) is 19.9 Å². The predicted octanol–water partition coefficient (Wildman–Crippen LogP) is 11.9. The lowest BCUT2D eigenvalue weighted by molar-refractivity contribution is 0.669. The van der Waals surface area contributed by atoms with Gasteiger partial charge in [-0.15, -0.1) is 11.3 Å². The van der Waals surface area contributed by atoms with Gasteiger partial charge in [-0.1, -0.05) is 133 Å². The van der Waals surface area contributed by atoms with Gasteiger partial charge in [0.05, 0.1) is 10.2 Å². The van der Waals surface area contributed by atoms with Crippen molar-refractivity contribution in [1.29, 1.82) is 0 Å². The number of nitrogens with zero attached hydrogens (tertiary/aromatic N) is 4. The summed E-state index contributed by atoms with van der Waals surface area (Å²) in [5, 5.41) is 5.34. The fourth-order valence-electron chi connectivity index (χ4n) is 6.66. The van der Waals surface area contributed by atoms with E-state index in [2.05, 4.69) is 109 Å². The molecule has 0 aliphatic carbocycles. The molecule has 50 heavy (non-hydrogen) atoms. The van der Waals surface area contributed by atoms with Crippen LogP contribution in [0.4, 0.5) is 0 Å². The van der Waals surface area contributed by atoms with Crippen molar-refractivity contribution in [3.63, 3.8) is 0 Å². The standard InChI is InChI=1S/C44H26N4OS/c1-3-10-27(11-4-1)29-18-21-31(22-19-29)42-46-41(30-13-5-2-6-14-30)47-43(48-42)34-16-9-17-37-40(34)35-25-36-39(26-38(35)49-37)50-44(45-36)33-23-20-28-12-7-8-15-32(28)24-33/h1-26H. The fourth-order valence-corrected chi connectivity index (χ4v) is 7.64. The van der Waals surface area contributed by atoms with Crippen molar-refractivity contribution < 1.29 is 4.42 Å². The maximum absolute atomic E-state index is 6.49. The summed E-state index contributed by atoms with van der Waals surface area (Å²) in [6.45, 7) is 0. The van der Waals surface area contributed by atoms with Crippen LogP contribution in [0.15, 0.2) is 162 Å². The van der Waals surface area contributed by atoms with Crippen LogP contribution >= 0.6 is 11.3 Å². The smallest absolute Gasteiger partial charge is 0.164 e. The van der Waals surface area contributed by atoms with Gasteiger partial charge < -0.3 is 4.42 Å². The van der Waals surface area contributed by atoms with E-state index in [1.54, 1.807) is 11.3 Å². The first-order valence-corrected chi connectivity index (χ1v) is 17.3. The highest BCUT2D eigenvalue weighted by atomic mass is 32.1. The number of benzene rings is 7. The highest BCUT2D eigenvalue weighted by Gasteiger charge is 2.19. The van der Waals surface area contributed by atoms with Gasteiger partial charge in [0.2, 0.25) is 0 Å². The zero-order chi connectivity index (χ0) is 33.0. The molecule has 0 radical (unpaired) electrons. The quantitative estimate of drug-likeness (QED) is 0.184. The Kier molecular flexibility index (Phi) is 6.60. The summed E-state index contributed by atoms with van der Waals surface area (Å²) in [6, 6.07) is 54.1. The molecule has 0 saturated carbocycles. The summed E-state index contributed by atoms with van der Waals surface area (Å²) in [4.78, 5) is 20.2. The molecule has 0 saturated heterocycles. The Hall–Kier alpha value is -6.50. The molecule has 0 N–H and O–H groups in total. The van der Waals surface area contributed by atoms with Crippen molar-refractivity contribution in [1.82, 2.24) is 19.9 Å². The van der Waals surface area contributed by atoms with E-state index in [4.69, 9.17) is 24.4 Å². The fraction of sp³-hybridized carbons (Fsp3) is 0. The molecule has 0 unspecified atom stereocenters. The molecule has 3 heterocycles. The average molecular weight is 659 g/mol. The number of thiazole rings is 1. The van der Waals surface area contributed by atoms with Crippen LogP contribution < -0.4 is 0 Å². The minimum Gasteiger partial charge on any atom is -0.456 e. The second-order valence-electron chi connectivity index (χ2n) is 12.3. The lowest BCUT2D eigenvalue weighted by Gasteiger charge is -2.10. The first kappa shape index (κ1) is 28.5. The van der Waals surface area contributed by atoms with E-state index < -0.39 is 0 Å². The molecule has 7 aromatic carbocycles. The number of rotatable bonds is 5. The van der Waals surface area contributed by atoms with Gasteiger partial charge in [0, 0.05) is 39.1 Å². The van der Waals surface area contributed by atoms with E-state index in [1.165, 1.54) is 10.8 Å². The Labute approximate surface area is 291 Å². The number of aromatic nitrogens is 4. The third kappa shape index (κ3) is 4.93. The lowest BCUT2D eigenvalue weighted by Crippen LogP contribution is -2.00. The van der Waals surface area contributed by atoms with Gasteiger partial charge in [0.15, 0.2) is 17.5 Å². The van der Waals surface area contributed by atoms with E-state index >= 15 is 0 Å². The normalized spacial score (nSPS) is 11.6. The van der Waals surface area contributed by atoms with Gasteiger partial charge in [-0.3, -0.25) is 0 Å². The van der Waals surface area contributed by atoms with Crippen LogP contribution in [0, 0.1) is 0 Å². The molecule has 0 fully saturated rings. The first-order chi connectivity index (χ1) is 24.7. The summed E-state index contributed by atoms with van der Waals surface area (Å²) in [6.07, 6.45) is 0. The Morgan fingerprint density at radius 2 is 1.04 bits per heavy atom. The Morgan fingerprint density at radius 1 is 0.420 bits per heavy atom. The molecule has 0 spiro atoms. The molecule has 234 valence electrons. The number of fused-ring (bicyclic) bond motifs is 5. The number of hydrogen-bond acceptors (Lipinski definition) is 6. The molecule has 0 atom stereocenters. The number of furan rings is 1. The summed E-state index contributed by atoms with van der Waals surface area (Å²) < 4.78 is 7.57. The summed E-state index contributed by atoms with van der Waals surface area (Å²) >= 11 is 1.68. The average Bonchev–Trinajstić information content (AvgIpc) is 3.78. The highest BCUT2D eigenvalue weighted by molar-refractivity contribution is 7.21. The van der Waals surface area contributed by atoms with Crippen LogP contribution in [0.25, 0.3) is 98.8 Å². The van der Waals surface area contributed by atoms with Crippen LogP contribution in [0.2, 0.25) is 0 Å². The topological polar surface area (TPSA) is 64.7 Å². The Bertz CT molecular complexity index is 2860. The molecule has 0 amide bonds. The SMILES string of the molecule is c1ccc(-c2ccc(-c3nc(-c4ccccc4)nc(-c4cccc5oc6cc7sc(-c8ccc9ccccc9c8)nc7cc6c45)n3)cc2)cc1. The van der Waals surface area contributed by atoms with Crippen LogP contribution in [0.5, 0.6) is 0 Å². The summed E-state index contributed by atoms with van der Waals surface area (Å²) in [7, 11) is 0. The summed E-state index contributed by atoms with van der Waals surface area (Å²) in [5.74, 6) is 1.81. The van der Waals surface area contributed by atoms with Crippen LogP contribution in [-0.4, -0.2) is 19.9 Å². The van der Waals surface area contributed by atoms with Gasteiger partial charge in [-0.05, 0) is 40.1 Å². The van der Waals surface area contributed by atoms with E-state index in [0.29, 0.717) is 17.5 Å². The molecule has 0 aliphatic rings. The Morgan fingerprint density at radius 3 is 1.82 bits per heavy atom. The summed E-state index contributed by atoms with van der Waals surface area (Å²) in [5.41, 5.74) is 8.65. The second-order valence-corrected chi connectivity index (χ2v) is 13.3. The first-order valence-electron chi connectivity index (χ1n) is 16.5. The highest BCUT2D eigenvalue weighted by Crippen LogP contribution is 2.40. The van der Waals surface area contributed by atoms with E-state index in [9.17, 15) is 0 Å².